The van der Waals surface area contributed by atoms with E-state index in [1.54, 1.807) is 36.2 Å². The number of rotatable bonds is 4. The molecule has 1 aromatic rings. The van der Waals surface area contributed by atoms with Gasteiger partial charge in [0, 0.05) is 38.5 Å². The fraction of sp³-hybridized carbons (Fsp3) is 0.526. The van der Waals surface area contributed by atoms with Crippen molar-refractivity contribution in [2.45, 2.75) is 38.1 Å². The van der Waals surface area contributed by atoms with Crippen molar-refractivity contribution in [2.24, 2.45) is 5.92 Å². The largest absolute Gasteiger partial charge is 0.341 e. The summed E-state index contributed by atoms with van der Waals surface area (Å²) >= 11 is 0. The van der Waals surface area contributed by atoms with Crippen LogP contribution in [0.5, 0.6) is 0 Å². The summed E-state index contributed by atoms with van der Waals surface area (Å²) in [6, 6.07) is 9.33. The predicted molar refractivity (Wildman–Crippen MR) is 90.2 cm³/mol. The summed E-state index contributed by atoms with van der Waals surface area (Å²) in [5.41, 5.74) is 0.823. The molecule has 0 unspecified atom stereocenters. The predicted octanol–water partition coefficient (Wildman–Crippen LogP) is 2.42. The Balaban J connectivity index is 1.63. The molecule has 0 N–H and O–H groups in total. The van der Waals surface area contributed by atoms with E-state index in [2.05, 4.69) is 6.07 Å². The lowest BCUT2D eigenvalue weighted by molar-refractivity contribution is -0.129. The quantitative estimate of drug-likeness (QED) is 0.854. The number of amides is 2. The first-order chi connectivity index (χ1) is 11.6. The molecule has 126 valence electrons. The summed E-state index contributed by atoms with van der Waals surface area (Å²) in [5.74, 6) is 0.255. The van der Waals surface area contributed by atoms with E-state index in [1.165, 1.54) is 12.8 Å². The molecule has 0 bridgehead atoms. The smallest absolute Gasteiger partial charge is 0.254 e. The van der Waals surface area contributed by atoms with Crippen LogP contribution in [-0.2, 0) is 4.79 Å². The van der Waals surface area contributed by atoms with E-state index in [-0.39, 0.29) is 17.7 Å². The second kappa shape index (κ2) is 7.04. The van der Waals surface area contributed by atoms with Crippen LogP contribution in [0.2, 0.25) is 0 Å². The molecule has 0 aromatic heterocycles. The number of carbonyl (C=O) groups is 2. The summed E-state index contributed by atoms with van der Waals surface area (Å²) in [6.45, 7) is 1.30. The van der Waals surface area contributed by atoms with Crippen molar-refractivity contribution in [3.05, 3.63) is 35.4 Å². The van der Waals surface area contributed by atoms with Gasteiger partial charge in [0.1, 0.15) is 0 Å². The van der Waals surface area contributed by atoms with E-state index < -0.39 is 0 Å². The van der Waals surface area contributed by atoms with Crippen molar-refractivity contribution in [1.82, 2.24) is 9.80 Å². The van der Waals surface area contributed by atoms with Crippen LogP contribution in [0.4, 0.5) is 0 Å². The van der Waals surface area contributed by atoms with Gasteiger partial charge in [0.25, 0.3) is 5.91 Å². The van der Waals surface area contributed by atoms with Crippen molar-refractivity contribution in [3.8, 4) is 6.07 Å². The van der Waals surface area contributed by atoms with E-state index >= 15 is 0 Å². The Morgan fingerprint density at radius 2 is 2.04 bits per heavy atom. The van der Waals surface area contributed by atoms with Crippen molar-refractivity contribution in [2.75, 3.05) is 20.1 Å². The molecule has 2 fully saturated rings. The standard InChI is InChI=1S/C19H23N3O2/c1-21(19(24)17-9-5-2-6-15(17)11-20)12-14-10-18(23)22(13-14)16-7-3-4-8-16/h2,5-6,9,14,16H,3-4,7-8,10,12-13H2,1H3/t14-/m1/s1. The van der Waals surface area contributed by atoms with Gasteiger partial charge in [0.15, 0.2) is 0 Å². The van der Waals surface area contributed by atoms with E-state index in [0.717, 1.165) is 19.4 Å². The number of benzene rings is 1. The lowest BCUT2D eigenvalue weighted by Gasteiger charge is -2.25. The molecule has 3 rings (SSSR count). The molecule has 1 saturated carbocycles. The fourth-order valence-electron chi connectivity index (χ4n) is 3.94. The molecule has 24 heavy (non-hydrogen) atoms. The lowest BCUT2D eigenvalue weighted by atomic mass is 10.1. The third-order valence-corrected chi connectivity index (χ3v) is 5.16. The van der Waals surface area contributed by atoms with Gasteiger partial charge in [-0.15, -0.1) is 0 Å². The molecule has 1 aromatic carbocycles. The Morgan fingerprint density at radius 3 is 2.75 bits per heavy atom. The van der Waals surface area contributed by atoms with Crippen LogP contribution in [0, 0.1) is 17.2 Å². The van der Waals surface area contributed by atoms with E-state index in [1.807, 2.05) is 4.90 Å². The minimum absolute atomic E-state index is 0.154. The summed E-state index contributed by atoms with van der Waals surface area (Å²) < 4.78 is 0. The average molecular weight is 325 g/mol. The highest BCUT2D eigenvalue weighted by Gasteiger charge is 2.36. The normalized spacial score (nSPS) is 21.1. The van der Waals surface area contributed by atoms with Crippen molar-refractivity contribution in [3.63, 3.8) is 0 Å². The SMILES string of the molecule is CN(C[C@H]1CC(=O)N(C2CCCC2)C1)C(=O)c1ccccc1C#N. The Kier molecular flexibility index (Phi) is 4.84. The second-order valence-corrected chi connectivity index (χ2v) is 6.90. The maximum atomic E-state index is 12.6. The molecule has 0 radical (unpaired) electrons. The van der Waals surface area contributed by atoms with Crippen molar-refractivity contribution in [1.29, 1.82) is 5.26 Å². The molecular formula is C19H23N3O2. The molecule has 0 spiro atoms. The highest BCUT2D eigenvalue weighted by molar-refractivity contribution is 5.96. The second-order valence-electron chi connectivity index (χ2n) is 6.90. The van der Waals surface area contributed by atoms with Crippen molar-refractivity contribution >= 4 is 11.8 Å². The zero-order chi connectivity index (χ0) is 17.1. The summed E-state index contributed by atoms with van der Waals surface area (Å²) in [4.78, 5) is 28.6. The first kappa shape index (κ1) is 16.5. The van der Waals surface area contributed by atoms with Gasteiger partial charge in [-0.05, 0) is 25.0 Å². The van der Waals surface area contributed by atoms with Crippen LogP contribution in [0.15, 0.2) is 24.3 Å². The number of hydrogen-bond acceptors (Lipinski definition) is 3. The monoisotopic (exact) mass is 325 g/mol. The van der Waals surface area contributed by atoms with Crippen LogP contribution in [0.3, 0.4) is 0 Å². The van der Waals surface area contributed by atoms with Gasteiger partial charge in [-0.2, -0.15) is 5.26 Å². The molecule has 1 aliphatic carbocycles. The maximum absolute atomic E-state index is 12.6. The molecule has 1 heterocycles. The third-order valence-electron chi connectivity index (χ3n) is 5.16. The molecule has 5 heteroatoms. The summed E-state index contributed by atoms with van der Waals surface area (Å²) in [7, 11) is 1.75. The molecule has 1 atom stereocenters. The van der Waals surface area contributed by atoms with Gasteiger partial charge in [-0.1, -0.05) is 25.0 Å². The zero-order valence-electron chi connectivity index (χ0n) is 14.1. The van der Waals surface area contributed by atoms with Gasteiger partial charge >= 0.3 is 0 Å². The van der Waals surface area contributed by atoms with Crippen molar-refractivity contribution < 1.29 is 9.59 Å². The fourth-order valence-corrected chi connectivity index (χ4v) is 3.94. The molecule has 2 amide bonds. The van der Waals surface area contributed by atoms with Gasteiger partial charge in [-0.25, -0.2) is 0 Å². The molecular weight excluding hydrogens is 302 g/mol. The Bertz CT molecular complexity index is 673. The molecule has 5 nitrogen and oxygen atoms in total. The topological polar surface area (TPSA) is 64.4 Å². The highest BCUT2D eigenvalue weighted by Crippen LogP contribution is 2.29. The van der Waals surface area contributed by atoms with Gasteiger partial charge in [0.2, 0.25) is 5.91 Å². The summed E-state index contributed by atoms with van der Waals surface area (Å²) in [5, 5.41) is 9.15. The van der Waals surface area contributed by atoms with Crippen LogP contribution in [-0.4, -0.2) is 47.8 Å². The number of carbonyl (C=O) groups excluding carboxylic acids is 2. The van der Waals surface area contributed by atoms with Crippen LogP contribution in [0.25, 0.3) is 0 Å². The number of nitriles is 1. The number of nitrogens with zero attached hydrogens (tertiary/aromatic N) is 3. The number of likely N-dealkylation sites (tertiary alicyclic amines) is 1. The minimum atomic E-state index is -0.154. The van der Waals surface area contributed by atoms with Crippen LogP contribution in [0.1, 0.15) is 48.0 Å². The van der Waals surface area contributed by atoms with Gasteiger partial charge < -0.3 is 9.80 Å². The zero-order valence-corrected chi connectivity index (χ0v) is 14.1. The Hall–Kier alpha value is -2.35. The Morgan fingerprint density at radius 1 is 1.33 bits per heavy atom. The third kappa shape index (κ3) is 3.28. The van der Waals surface area contributed by atoms with Gasteiger partial charge in [-0.3, -0.25) is 9.59 Å². The molecule has 1 aliphatic heterocycles. The molecule has 2 aliphatic rings. The summed E-state index contributed by atoms with van der Waals surface area (Å²) in [6.07, 6.45) is 5.17. The lowest BCUT2D eigenvalue weighted by Crippen LogP contribution is -2.36. The first-order valence-corrected chi connectivity index (χ1v) is 8.64. The first-order valence-electron chi connectivity index (χ1n) is 8.64. The van der Waals surface area contributed by atoms with Crippen LogP contribution >= 0.6 is 0 Å². The van der Waals surface area contributed by atoms with Crippen LogP contribution < -0.4 is 0 Å². The number of hydrogen-bond donors (Lipinski definition) is 0. The molecule has 1 saturated heterocycles. The van der Waals surface area contributed by atoms with E-state index in [4.69, 9.17) is 5.26 Å². The Labute approximate surface area is 142 Å². The maximum Gasteiger partial charge on any atom is 0.254 e. The van der Waals surface area contributed by atoms with E-state index in [0.29, 0.717) is 30.1 Å². The highest BCUT2D eigenvalue weighted by atomic mass is 16.2. The average Bonchev–Trinajstić information content (AvgIpc) is 3.23. The minimum Gasteiger partial charge on any atom is -0.341 e. The van der Waals surface area contributed by atoms with Gasteiger partial charge in [0.05, 0.1) is 17.2 Å². The van der Waals surface area contributed by atoms with E-state index in [9.17, 15) is 9.59 Å².